The van der Waals surface area contributed by atoms with Crippen LogP contribution in [0.4, 0.5) is 8.78 Å². The van der Waals surface area contributed by atoms with Gasteiger partial charge in [-0.05, 0) is 18.2 Å². The number of hydrogen-bond acceptors (Lipinski definition) is 2. The fraction of sp³-hybridized carbons (Fsp3) is 0.154. The first-order valence-corrected chi connectivity index (χ1v) is 5.16. The molecule has 0 aliphatic heterocycles. The second-order valence-corrected chi connectivity index (χ2v) is 3.58. The summed E-state index contributed by atoms with van der Waals surface area (Å²) in [6.45, 7) is -0.404. The Hall–Kier alpha value is -1.81. The van der Waals surface area contributed by atoms with Crippen LogP contribution in [0.25, 0.3) is 10.9 Å². The Morgan fingerprint density at radius 1 is 1.24 bits per heavy atom. The number of aliphatic hydroxyl groups excluding tert-OH is 1. The second kappa shape index (κ2) is 4.59. The average Bonchev–Trinajstić information content (AvgIpc) is 2.36. The standard InChI is InChI=1S/C13H11F2NO/c14-13(15,7-3-9-17)11-5-1-6-12-10(11)4-2-8-16-12/h1-8,17H,9H2/b7-3+. The smallest absolute Gasteiger partial charge is 0.292 e. The summed E-state index contributed by atoms with van der Waals surface area (Å²) in [7, 11) is 0. The summed E-state index contributed by atoms with van der Waals surface area (Å²) < 4.78 is 27.7. The number of pyridine rings is 1. The van der Waals surface area contributed by atoms with Gasteiger partial charge < -0.3 is 5.11 Å². The summed E-state index contributed by atoms with van der Waals surface area (Å²) in [5.74, 6) is -3.11. The Balaban J connectivity index is 2.58. The van der Waals surface area contributed by atoms with Crippen LogP contribution in [-0.4, -0.2) is 16.7 Å². The number of hydrogen-bond donors (Lipinski definition) is 1. The predicted molar refractivity (Wildman–Crippen MR) is 61.9 cm³/mol. The van der Waals surface area contributed by atoms with Gasteiger partial charge in [0, 0.05) is 17.1 Å². The van der Waals surface area contributed by atoms with E-state index in [0.717, 1.165) is 6.08 Å². The third-order valence-corrected chi connectivity index (χ3v) is 2.44. The molecule has 17 heavy (non-hydrogen) atoms. The third kappa shape index (κ3) is 2.31. The molecule has 1 aromatic carbocycles. The van der Waals surface area contributed by atoms with Crippen molar-refractivity contribution >= 4 is 10.9 Å². The lowest BCUT2D eigenvalue weighted by Gasteiger charge is -2.14. The number of rotatable bonds is 3. The molecular formula is C13H11F2NO. The van der Waals surface area contributed by atoms with Gasteiger partial charge in [-0.1, -0.05) is 24.3 Å². The Morgan fingerprint density at radius 3 is 2.82 bits per heavy atom. The van der Waals surface area contributed by atoms with E-state index in [1.165, 1.54) is 6.07 Å². The number of fused-ring (bicyclic) bond motifs is 1. The number of halogens is 2. The van der Waals surface area contributed by atoms with E-state index in [1.54, 1.807) is 30.5 Å². The Kier molecular flexibility index (Phi) is 3.15. The number of benzene rings is 1. The quantitative estimate of drug-likeness (QED) is 0.830. The van der Waals surface area contributed by atoms with Crippen molar-refractivity contribution in [3.63, 3.8) is 0 Å². The van der Waals surface area contributed by atoms with Crippen LogP contribution >= 0.6 is 0 Å². The predicted octanol–water partition coefficient (Wildman–Crippen LogP) is 2.88. The summed E-state index contributed by atoms with van der Waals surface area (Å²) in [4.78, 5) is 4.03. The normalized spacial score (nSPS) is 12.4. The van der Waals surface area contributed by atoms with Crippen LogP contribution in [0.5, 0.6) is 0 Å². The van der Waals surface area contributed by atoms with Crippen LogP contribution in [0.3, 0.4) is 0 Å². The molecule has 2 rings (SSSR count). The molecule has 0 unspecified atom stereocenters. The summed E-state index contributed by atoms with van der Waals surface area (Å²) in [6.07, 6.45) is 3.30. The lowest BCUT2D eigenvalue weighted by Crippen LogP contribution is -2.10. The van der Waals surface area contributed by atoms with Crippen LogP contribution in [0.15, 0.2) is 48.7 Å². The molecule has 2 nitrogen and oxygen atoms in total. The van der Waals surface area contributed by atoms with Crippen molar-refractivity contribution in [2.45, 2.75) is 5.92 Å². The lowest BCUT2D eigenvalue weighted by molar-refractivity contribution is 0.0530. The second-order valence-electron chi connectivity index (χ2n) is 3.58. The number of aliphatic hydroxyl groups is 1. The van der Waals surface area contributed by atoms with Gasteiger partial charge in [-0.15, -0.1) is 0 Å². The van der Waals surface area contributed by atoms with Gasteiger partial charge >= 0.3 is 0 Å². The van der Waals surface area contributed by atoms with Crippen LogP contribution in [0, 0.1) is 0 Å². The first kappa shape index (κ1) is 11.7. The van der Waals surface area contributed by atoms with Gasteiger partial charge in [0.25, 0.3) is 5.92 Å². The molecular weight excluding hydrogens is 224 g/mol. The van der Waals surface area contributed by atoms with Gasteiger partial charge in [0.2, 0.25) is 0 Å². The Bertz CT molecular complexity index is 547. The van der Waals surface area contributed by atoms with E-state index < -0.39 is 12.5 Å². The van der Waals surface area contributed by atoms with Gasteiger partial charge in [-0.3, -0.25) is 4.98 Å². The first-order valence-electron chi connectivity index (χ1n) is 5.16. The highest BCUT2D eigenvalue weighted by Gasteiger charge is 2.29. The zero-order valence-electron chi connectivity index (χ0n) is 8.98. The number of nitrogens with zero attached hydrogens (tertiary/aromatic N) is 1. The van der Waals surface area contributed by atoms with Crippen molar-refractivity contribution in [2.24, 2.45) is 0 Å². The highest BCUT2D eigenvalue weighted by molar-refractivity contribution is 5.82. The average molecular weight is 235 g/mol. The highest BCUT2D eigenvalue weighted by Crippen LogP contribution is 2.34. The van der Waals surface area contributed by atoms with E-state index in [1.807, 2.05) is 0 Å². The van der Waals surface area contributed by atoms with E-state index in [9.17, 15) is 8.78 Å². The summed E-state index contributed by atoms with van der Waals surface area (Å²) in [5.41, 5.74) is 0.426. The molecule has 0 atom stereocenters. The van der Waals surface area contributed by atoms with Crippen molar-refractivity contribution in [3.05, 3.63) is 54.2 Å². The van der Waals surface area contributed by atoms with Gasteiger partial charge in [0.05, 0.1) is 12.1 Å². The Labute approximate surface area is 97.2 Å². The van der Waals surface area contributed by atoms with E-state index in [-0.39, 0.29) is 5.56 Å². The van der Waals surface area contributed by atoms with E-state index in [4.69, 9.17) is 5.11 Å². The van der Waals surface area contributed by atoms with Gasteiger partial charge in [0.15, 0.2) is 0 Å². The minimum absolute atomic E-state index is 0.104. The molecule has 1 heterocycles. The van der Waals surface area contributed by atoms with Crippen molar-refractivity contribution in [1.82, 2.24) is 4.98 Å². The molecule has 1 aromatic heterocycles. The maximum absolute atomic E-state index is 13.8. The van der Waals surface area contributed by atoms with Crippen molar-refractivity contribution in [2.75, 3.05) is 6.61 Å². The summed E-state index contributed by atoms with van der Waals surface area (Å²) in [5, 5.41) is 8.98. The zero-order chi connectivity index (χ0) is 12.3. The molecule has 0 bridgehead atoms. The van der Waals surface area contributed by atoms with Crippen molar-refractivity contribution in [3.8, 4) is 0 Å². The lowest BCUT2D eigenvalue weighted by atomic mass is 10.0. The van der Waals surface area contributed by atoms with Crippen LogP contribution in [-0.2, 0) is 5.92 Å². The monoisotopic (exact) mass is 235 g/mol. The highest BCUT2D eigenvalue weighted by atomic mass is 19.3. The fourth-order valence-corrected chi connectivity index (χ4v) is 1.68. The van der Waals surface area contributed by atoms with Gasteiger partial charge in [0.1, 0.15) is 0 Å². The molecule has 0 spiro atoms. The number of aromatic nitrogens is 1. The van der Waals surface area contributed by atoms with Crippen molar-refractivity contribution in [1.29, 1.82) is 0 Å². The maximum Gasteiger partial charge on any atom is 0.292 e. The van der Waals surface area contributed by atoms with E-state index in [0.29, 0.717) is 17.0 Å². The van der Waals surface area contributed by atoms with E-state index in [2.05, 4.69) is 4.98 Å². The van der Waals surface area contributed by atoms with Gasteiger partial charge in [-0.25, -0.2) is 0 Å². The number of allylic oxidation sites excluding steroid dienone is 1. The molecule has 0 fully saturated rings. The van der Waals surface area contributed by atoms with Crippen LogP contribution in [0.1, 0.15) is 5.56 Å². The maximum atomic E-state index is 13.8. The number of alkyl halides is 2. The SMILES string of the molecule is OC/C=C/C(F)(F)c1cccc2ncccc12. The minimum Gasteiger partial charge on any atom is -0.392 e. The minimum atomic E-state index is -3.11. The molecule has 1 N–H and O–H groups in total. The molecule has 4 heteroatoms. The molecule has 0 saturated carbocycles. The zero-order valence-corrected chi connectivity index (χ0v) is 8.98. The first-order chi connectivity index (χ1) is 8.15. The topological polar surface area (TPSA) is 33.1 Å². The third-order valence-electron chi connectivity index (χ3n) is 2.44. The molecule has 88 valence electrons. The molecule has 0 aliphatic carbocycles. The molecule has 2 aromatic rings. The largest absolute Gasteiger partial charge is 0.392 e. The van der Waals surface area contributed by atoms with Gasteiger partial charge in [-0.2, -0.15) is 8.78 Å². The van der Waals surface area contributed by atoms with Crippen molar-refractivity contribution < 1.29 is 13.9 Å². The Morgan fingerprint density at radius 2 is 2.06 bits per heavy atom. The molecule has 0 saturated heterocycles. The molecule has 0 aliphatic rings. The van der Waals surface area contributed by atoms with E-state index >= 15 is 0 Å². The summed E-state index contributed by atoms with van der Waals surface area (Å²) in [6, 6.07) is 7.83. The summed E-state index contributed by atoms with van der Waals surface area (Å²) >= 11 is 0. The molecule has 0 amide bonds. The fourth-order valence-electron chi connectivity index (χ4n) is 1.68. The molecule has 0 radical (unpaired) electrons. The van der Waals surface area contributed by atoms with Crippen LogP contribution < -0.4 is 0 Å². The van der Waals surface area contributed by atoms with Crippen LogP contribution in [0.2, 0.25) is 0 Å².